The Balaban J connectivity index is 2.12. The molecule has 0 spiro atoms. The first kappa shape index (κ1) is 14.6. The van der Waals surface area contributed by atoms with Gasteiger partial charge in [0.05, 0.1) is 5.56 Å². The Hall–Kier alpha value is -2.29. The lowest BCUT2D eigenvalue weighted by molar-refractivity contribution is 0.473. The Morgan fingerprint density at radius 3 is 2.23 bits per heavy atom. The average molecular weight is 295 g/mol. The third kappa shape index (κ3) is 2.59. The minimum absolute atomic E-state index is 0.194. The van der Waals surface area contributed by atoms with Crippen LogP contribution in [0.3, 0.4) is 0 Å². The summed E-state index contributed by atoms with van der Waals surface area (Å²) in [6.45, 7) is 8.55. The number of oxazole rings is 1. The van der Waals surface area contributed by atoms with Gasteiger partial charge in [-0.3, -0.25) is 0 Å². The van der Waals surface area contributed by atoms with E-state index in [0.717, 1.165) is 16.7 Å². The molecule has 0 aliphatic rings. The van der Waals surface area contributed by atoms with Crippen molar-refractivity contribution in [3.05, 3.63) is 47.5 Å². The SMILES string of the molecule is CC(C)c1ccc(O)c(-c2nc3cc(C(C)C)ccc3o2)c1. The molecule has 0 fully saturated rings. The van der Waals surface area contributed by atoms with E-state index in [2.05, 4.69) is 44.8 Å². The van der Waals surface area contributed by atoms with Crippen molar-refractivity contribution in [2.75, 3.05) is 0 Å². The van der Waals surface area contributed by atoms with Crippen LogP contribution in [0.25, 0.3) is 22.6 Å². The summed E-state index contributed by atoms with van der Waals surface area (Å²) in [5.74, 6) is 1.49. The van der Waals surface area contributed by atoms with Crippen LogP contribution in [0.2, 0.25) is 0 Å². The number of rotatable bonds is 3. The second-order valence-corrected chi connectivity index (χ2v) is 6.33. The monoisotopic (exact) mass is 295 g/mol. The highest BCUT2D eigenvalue weighted by molar-refractivity contribution is 5.78. The van der Waals surface area contributed by atoms with E-state index in [1.807, 2.05) is 18.2 Å². The van der Waals surface area contributed by atoms with Gasteiger partial charge >= 0.3 is 0 Å². The molecule has 3 nitrogen and oxygen atoms in total. The quantitative estimate of drug-likeness (QED) is 0.699. The largest absolute Gasteiger partial charge is 0.507 e. The normalized spacial score (nSPS) is 11.7. The summed E-state index contributed by atoms with van der Waals surface area (Å²) in [6, 6.07) is 11.7. The zero-order valence-electron chi connectivity index (χ0n) is 13.4. The van der Waals surface area contributed by atoms with Gasteiger partial charge in [0.25, 0.3) is 0 Å². The molecule has 0 saturated carbocycles. The van der Waals surface area contributed by atoms with E-state index >= 15 is 0 Å². The molecule has 0 bridgehead atoms. The van der Waals surface area contributed by atoms with E-state index in [1.54, 1.807) is 6.07 Å². The maximum atomic E-state index is 10.1. The molecule has 0 unspecified atom stereocenters. The van der Waals surface area contributed by atoms with Gasteiger partial charge in [0.1, 0.15) is 11.3 Å². The standard InChI is InChI=1S/C19H21NO2/c1-11(2)13-5-7-17(21)15(9-13)19-20-16-10-14(12(3)4)6-8-18(16)22-19/h5-12,21H,1-4H3. The van der Waals surface area contributed by atoms with Gasteiger partial charge in [-0.05, 0) is 47.2 Å². The highest BCUT2D eigenvalue weighted by atomic mass is 16.3. The second kappa shape index (κ2) is 5.48. The molecule has 2 aromatic carbocycles. The molecule has 0 radical (unpaired) electrons. The van der Waals surface area contributed by atoms with Gasteiger partial charge in [-0.1, -0.05) is 39.8 Å². The van der Waals surface area contributed by atoms with Crippen molar-refractivity contribution >= 4 is 11.1 Å². The molecule has 0 amide bonds. The lowest BCUT2D eigenvalue weighted by Crippen LogP contribution is -1.89. The summed E-state index contributed by atoms with van der Waals surface area (Å²) in [5.41, 5.74) is 4.60. The van der Waals surface area contributed by atoms with E-state index in [-0.39, 0.29) is 5.75 Å². The van der Waals surface area contributed by atoms with Gasteiger partial charge in [0, 0.05) is 0 Å². The predicted molar refractivity (Wildman–Crippen MR) is 89.3 cm³/mol. The molecule has 1 heterocycles. The summed E-state index contributed by atoms with van der Waals surface area (Å²) >= 11 is 0. The molecule has 22 heavy (non-hydrogen) atoms. The molecule has 114 valence electrons. The smallest absolute Gasteiger partial charge is 0.231 e. The van der Waals surface area contributed by atoms with Crippen molar-refractivity contribution in [1.82, 2.24) is 4.98 Å². The molecule has 0 atom stereocenters. The van der Waals surface area contributed by atoms with Crippen LogP contribution in [-0.4, -0.2) is 10.1 Å². The maximum Gasteiger partial charge on any atom is 0.231 e. The number of hydrogen-bond donors (Lipinski definition) is 1. The Bertz CT molecular complexity index is 815. The van der Waals surface area contributed by atoms with Gasteiger partial charge in [-0.15, -0.1) is 0 Å². The number of fused-ring (bicyclic) bond motifs is 1. The summed E-state index contributed by atoms with van der Waals surface area (Å²) < 4.78 is 5.83. The summed E-state index contributed by atoms with van der Waals surface area (Å²) in [7, 11) is 0. The van der Waals surface area contributed by atoms with Crippen LogP contribution in [0.1, 0.15) is 50.7 Å². The van der Waals surface area contributed by atoms with Crippen LogP contribution >= 0.6 is 0 Å². The fourth-order valence-electron chi connectivity index (χ4n) is 2.50. The van der Waals surface area contributed by atoms with Crippen LogP contribution in [0.4, 0.5) is 0 Å². The lowest BCUT2D eigenvalue weighted by Gasteiger charge is -2.07. The van der Waals surface area contributed by atoms with Crippen LogP contribution in [0.5, 0.6) is 5.75 Å². The number of aromatic hydroxyl groups is 1. The Labute approximate surface area is 130 Å². The van der Waals surface area contributed by atoms with Gasteiger partial charge in [0.15, 0.2) is 5.58 Å². The van der Waals surface area contributed by atoms with Crippen LogP contribution in [0.15, 0.2) is 40.8 Å². The van der Waals surface area contributed by atoms with Gasteiger partial charge in [0.2, 0.25) is 5.89 Å². The van der Waals surface area contributed by atoms with Crippen molar-refractivity contribution in [3.8, 4) is 17.2 Å². The molecule has 1 N–H and O–H groups in total. The number of aromatic nitrogens is 1. The maximum absolute atomic E-state index is 10.1. The number of phenolic OH excluding ortho intramolecular Hbond substituents is 1. The van der Waals surface area contributed by atoms with Gasteiger partial charge < -0.3 is 9.52 Å². The second-order valence-electron chi connectivity index (χ2n) is 6.33. The first-order valence-corrected chi connectivity index (χ1v) is 7.69. The fourth-order valence-corrected chi connectivity index (χ4v) is 2.50. The molecule has 3 heteroatoms. The zero-order chi connectivity index (χ0) is 15.9. The molecular weight excluding hydrogens is 274 g/mol. The van der Waals surface area contributed by atoms with Crippen molar-refractivity contribution in [2.45, 2.75) is 39.5 Å². The summed E-state index contributed by atoms with van der Waals surface area (Å²) in [5, 5.41) is 10.1. The highest BCUT2D eigenvalue weighted by Crippen LogP contribution is 2.34. The van der Waals surface area contributed by atoms with Gasteiger partial charge in [-0.25, -0.2) is 4.98 Å². The van der Waals surface area contributed by atoms with Crippen LogP contribution in [0, 0.1) is 0 Å². The zero-order valence-corrected chi connectivity index (χ0v) is 13.4. The molecule has 3 aromatic rings. The number of nitrogens with zero attached hydrogens (tertiary/aromatic N) is 1. The Kier molecular flexibility index (Phi) is 3.65. The minimum atomic E-state index is 0.194. The van der Waals surface area contributed by atoms with E-state index < -0.39 is 0 Å². The Morgan fingerprint density at radius 2 is 1.55 bits per heavy atom. The average Bonchev–Trinajstić information content (AvgIpc) is 2.89. The summed E-state index contributed by atoms with van der Waals surface area (Å²) in [4.78, 5) is 4.56. The lowest BCUT2D eigenvalue weighted by atomic mass is 10.0. The molecule has 3 rings (SSSR count). The first-order chi connectivity index (χ1) is 10.5. The van der Waals surface area contributed by atoms with Crippen molar-refractivity contribution in [2.24, 2.45) is 0 Å². The molecular formula is C19H21NO2. The Morgan fingerprint density at radius 1 is 0.909 bits per heavy atom. The third-order valence-electron chi connectivity index (χ3n) is 4.00. The highest BCUT2D eigenvalue weighted by Gasteiger charge is 2.14. The molecule has 0 aliphatic heterocycles. The van der Waals surface area contributed by atoms with E-state index in [1.165, 1.54) is 5.56 Å². The summed E-state index contributed by atoms with van der Waals surface area (Å²) in [6.07, 6.45) is 0. The van der Waals surface area contributed by atoms with Crippen molar-refractivity contribution in [1.29, 1.82) is 0 Å². The predicted octanol–water partition coefficient (Wildman–Crippen LogP) is 5.45. The number of phenols is 1. The van der Waals surface area contributed by atoms with Crippen molar-refractivity contribution in [3.63, 3.8) is 0 Å². The number of hydrogen-bond acceptors (Lipinski definition) is 3. The third-order valence-corrected chi connectivity index (χ3v) is 4.00. The van der Waals surface area contributed by atoms with Gasteiger partial charge in [-0.2, -0.15) is 0 Å². The van der Waals surface area contributed by atoms with E-state index in [0.29, 0.717) is 23.3 Å². The van der Waals surface area contributed by atoms with Crippen LogP contribution in [-0.2, 0) is 0 Å². The molecule has 0 aliphatic carbocycles. The molecule has 0 saturated heterocycles. The first-order valence-electron chi connectivity index (χ1n) is 7.69. The van der Waals surface area contributed by atoms with E-state index in [4.69, 9.17) is 4.42 Å². The van der Waals surface area contributed by atoms with Crippen molar-refractivity contribution < 1.29 is 9.52 Å². The number of benzene rings is 2. The molecule has 1 aromatic heterocycles. The minimum Gasteiger partial charge on any atom is -0.507 e. The van der Waals surface area contributed by atoms with Crippen LogP contribution < -0.4 is 0 Å². The topological polar surface area (TPSA) is 46.3 Å². The fraction of sp³-hybridized carbons (Fsp3) is 0.316. The van der Waals surface area contributed by atoms with E-state index in [9.17, 15) is 5.11 Å².